The van der Waals surface area contributed by atoms with E-state index in [1.807, 2.05) is 0 Å². The second-order valence-corrected chi connectivity index (χ2v) is 3.46. The predicted molar refractivity (Wildman–Crippen MR) is 38.4 cm³/mol. The summed E-state index contributed by atoms with van der Waals surface area (Å²) in [7, 11) is 2.41. The van der Waals surface area contributed by atoms with Crippen molar-refractivity contribution in [1.29, 1.82) is 0 Å². The Labute approximate surface area is 65.7 Å². The van der Waals surface area contributed by atoms with Crippen molar-refractivity contribution in [3.63, 3.8) is 0 Å². The lowest BCUT2D eigenvalue weighted by Gasteiger charge is -2.39. The van der Waals surface area contributed by atoms with Crippen LogP contribution in [0.5, 0.6) is 0 Å². The van der Waals surface area contributed by atoms with Crippen molar-refractivity contribution in [2.45, 2.75) is 5.97 Å². The largest absolute Gasteiger partial charge is 0.832 e. The first-order valence-electron chi connectivity index (χ1n) is 3.01. The Morgan fingerprint density at radius 1 is 1.45 bits per heavy atom. The first-order valence-corrected chi connectivity index (χ1v) is 4.08. The quantitative estimate of drug-likeness (QED) is 0.463. The van der Waals surface area contributed by atoms with Crippen LogP contribution in [-0.2, 0) is 0 Å². The lowest BCUT2D eigenvalue weighted by Crippen LogP contribution is -2.53. The van der Waals surface area contributed by atoms with E-state index in [1.165, 1.54) is 14.1 Å². The van der Waals surface area contributed by atoms with Gasteiger partial charge in [0.2, 0.25) is 5.65 Å². The summed E-state index contributed by atoms with van der Waals surface area (Å²) in [4.78, 5) is 23.8. The van der Waals surface area contributed by atoms with E-state index in [-0.39, 0.29) is 14.2 Å². The first kappa shape index (κ1) is 8.43. The van der Waals surface area contributed by atoms with Crippen molar-refractivity contribution in [3.05, 3.63) is 0 Å². The molecule has 5 nitrogen and oxygen atoms in total. The summed E-state index contributed by atoms with van der Waals surface area (Å²) in [5.41, 5.74) is -0.381. The van der Waals surface area contributed by atoms with Crippen molar-refractivity contribution in [1.82, 2.24) is 9.80 Å². The molecule has 1 fully saturated rings. The highest BCUT2D eigenvalue weighted by atomic mass is 31.1. The van der Waals surface area contributed by atoms with Crippen LogP contribution in [-0.4, -0.2) is 41.5 Å². The standard InChI is InChI=1S/C5H8N2O3P/c1-6-3(8)7(2)5(10)11-4(6)9/h4,11H,1-2H3/q-1. The van der Waals surface area contributed by atoms with Gasteiger partial charge in [0.1, 0.15) is 0 Å². The van der Waals surface area contributed by atoms with Crippen molar-refractivity contribution in [2.75, 3.05) is 14.1 Å². The zero-order valence-electron chi connectivity index (χ0n) is 6.20. The Morgan fingerprint density at radius 2 is 2.00 bits per heavy atom. The lowest BCUT2D eigenvalue weighted by molar-refractivity contribution is -0.414. The van der Waals surface area contributed by atoms with E-state index in [9.17, 15) is 14.7 Å². The van der Waals surface area contributed by atoms with Crippen LogP contribution in [0.1, 0.15) is 0 Å². The summed E-state index contributed by atoms with van der Waals surface area (Å²) >= 11 is 0. The molecule has 1 aliphatic rings. The summed E-state index contributed by atoms with van der Waals surface area (Å²) in [6.07, 6.45) is 0. The molecule has 0 aromatic carbocycles. The van der Waals surface area contributed by atoms with Crippen molar-refractivity contribution < 1.29 is 14.7 Å². The monoisotopic (exact) mass is 175 g/mol. The molecular formula is C5H8N2O3P-. The van der Waals surface area contributed by atoms with E-state index < -0.39 is 12.0 Å². The van der Waals surface area contributed by atoms with E-state index >= 15 is 0 Å². The molecule has 1 aliphatic heterocycles. The zero-order valence-corrected chi connectivity index (χ0v) is 7.20. The summed E-state index contributed by atoms with van der Waals surface area (Å²) in [5.74, 6) is -1.19. The molecule has 0 N–H and O–H groups in total. The fourth-order valence-corrected chi connectivity index (χ4v) is 1.53. The summed E-state index contributed by atoms with van der Waals surface area (Å²) in [6, 6.07) is -0.520. The summed E-state index contributed by atoms with van der Waals surface area (Å²) < 4.78 is 0. The van der Waals surface area contributed by atoms with Gasteiger partial charge in [0.05, 0.1) is 0 Å². The molecule has 0 spiro atoms. The molecule has 2 atom stereocenters. The van der Waals surface area contributed by atoms with Gasteiger partial charge in [-0.1, -0.05) is 0 Å². The van der Waals surface area contributed by atoms with Crippen LogP contribution in [0.15, 0.2) is 0 Å². The lowest BCUT2D eigenvalue weighted by atomic mass is 10.7. The summed E-state index contributed by atoms with van der Waals surface area (Å²) in [5, 5.41) is 10.9. The Bertz CT molecular complexity index is 208. The van der Waals surface area contributed by atoms with Gasteiger partial charge in [0.15, 0.2) is 0 Å². The van der Waals surface area contributed by atoms with E-state index in [1.54, 1.807) is 0 Å². The maximum Gasteiger partial charge on any atom is 0.325 e. The highest BCUT2D eigenvalue weighted by Crippen LogP contribution is 2.26. The van der Waals surface area contributed by atoms with Crippen LogP contribution in [0, 0.1) is 0 Å². The number of nitrogens with zero attached hydrogens (tertiary/aromatic N) is 2. The number of rotatable bonds is 0. The normalized spacial score (nSPS) is 28.5. The molecule has 1 rings (SSSR count). The fourth-order valence-electron chi connectivity index (χ4n) is 0.723. The van der Waals surface area contributed by atoms with Crippen molar-refractivity contribution in [2.24, 2.45) is 0 Å². The third-order valence-corrected chi connectivity index (χ3v) is 2.71. The molecule has 0 bridgehead atoms. The number of carbonyl (C=O) groups excluding carboxylic acids is 2. The van der Waals surface area contributed by atoms with Crippen LogP contribution >= 0.6 is 8.58 Å². The SMILES string of the molecule is CN1C(=O)PC([O-])N(C)C1=O. The Hall–Kier alpha value is -0.670. The van der Waals surface area contributed by atoms with Gasteiger partial charge >= 0.3 is 6.03 Å². The zero-order chi connectivity index (χ0) is 8.59. The highest BCUT2D eigenvalue weighted by Gasteiger charge is 2.28. The second-order valence-electron chi connectivity index (χ2n) is 2.25. The number of carbonyl (C=O) groups is 2. The van der Waals surface area contributed by atoms with Gasteiger partial charge in [0, 0.05) is 14.1 Å². The molecule has 0 radical (unpaired) electrons. The van der Waals surface area contributed by atoms with Gasteiger partial charge in [-0.3, -0.25) is 9.69 Å². The molecule has 1 saturated heterocycles. The molecule has 0 aliphatic carbocycles. The third-order valence-electron chi connectivity index (χ3n) is 1.49. The maximum absolute atomic E-state index is 11.0. The smallest absolute Gasteiger partial charge is 0.325 e. The molecule has 11 heavy (non-hydrogen) atoms. The minimum Gasteiger partial charge on any atom is -0.832 e. The van der Waals surface area contributed by atoms with E-state index in [0.717, 1.165) is 9.80 Å². The van der Waals surface area contributed by atoms with E-state index in [2.05, 4.69) is 0 Å². The van der Waals surface area contributed by atoms with Crippen LogP contribution < -0.4 is 5.11 Å². The Kier molecular flexibility index (Phi) is 2.11. The van der Waals surface area contributed by atoms with Crippen LogP contribution in [0.2, 0.25) is 0 Å². The molecule has 1 heterocycles. The number of amides is 3. The van der Waals surface area contributed by atoms with Crippen LogP contribution in [0.25, 0.3) is 0 Å². The van der Waals surface area contributed by atoms with E-state index in [0.29, 0.717) is 0 Å². The number of imide groups is 1. The molecule has 6 heteroatoms. The third kappa shape index (κ3) is 1.34. The fraction of sp³-hybridized carbons (Fsp3) is 0.600. The minimum atomic E-state index is -1.19. The topological polar surface area (TPSA) is 63.7 Å². The van der Waals surface area contributed by atoms with Crippen LogP contribution in [0.4, 0.5) is 9.59 Å². The molecular weight excluding hydrogens is 167 g/mol. The molecule has 3 amide bonds. The molecule has 0 saturated carbocycles. The minimum absolute atomic E-state index is 0.368. The average Bonchev–Trinajstić information content (AvgIpc) is 1.97. The number of hydrogen-bond donors (Lipinski definition) is 0. The van der Waals surface area contributed by atoms with Gasteiger partial charge in [-0.2, -0.15) is 0 Å². The number of hydrogen-bond acceptors (Lipinski definition) is 3. The van der Waals surface area contributed by atoms with Crippen molar-refractivity contribution in [3.8, 4) is 0 Å². The first-order chi connectivity index (χ1) is 5.04. The van der Waals surface area contributed by atoms with Gasteiger partial charge in [-0.05, 0) is 14.5 Å². The second kappa shape index (κ2) is 2.75. The number of urea groups is 1. The summed E-state index contributed by atoms with van der Waals surface area (Å²) in [6.45, 7) is 0. The Morgan fingerprint density at radius 3 is 2.55 bits per heavy atom. The molecule has 62 valence electrons. The van der Waals surface area contributed by atoms with Crippen molar-refractivity contribution >= 4 is 20.3 Å². The molecule has 2 unspecified atom stereocenters. The maximum atomic E-state index is 11.0. The predicted octanol–water partition coefficient (Wildman–Crippen LogP) is -0.574. The van der Waals surface area contributed by atoms with Gasteiger partial charge in [0.25, 0.3) is 0 Å². The van der Waals surface area contributed by atoms with Crippen LogP contribution in [0.3, 0.4) is 0 Å². The van der Waals surface area contributed by atoms with Gasteiger partial charge in [-0.25, -0.2) is 4.79 Å². The molecule has 0 aromatic heterocycles. The van der Waals surface area contributed by atoms with Gasteiger partial charge in [-0.15, -0.1) is 0 Å². The van der Waals surface area contributed by atoms with E-state index in [4.69, 9.17) is 0 Å². The highest BCUT2D eigenvalue weighted by molar-refractivity contribution is 7.58. The van der Waals surface area contributed by atoms with Gasteiger partial charge < -0.3 is 10.0 Å². The Balaban J connectivity index is 2.79. The average molecular weight is 175 g/mol. The molecule has 0 aromatic rings.